The molecule has 2 N–H and O–H groups in total. The Morgan fingerprint density at radius 2 is 2.17 bits per heavy atom. The van der Waals surface area contributed by atoms with Crippen molar-refractivity contribution in [2.75, 3.05) is 0 Å². The summed E-state index contributed by atoms with van der Waals surface area (Å²) in [5, 5.41) is 11.4. The molecule has 0 spiro atoms. The highest BCUT2D eigenvalue weighted by molar-refractivity contribution is 5.84. The van der Waals surface area contributed by atoms with Gasteiger partial charge >= 0.3 is 5.97 Å². The van der Waals surface area contributed by atoms with E-state index in [1.54, 1.807) is 0 Å². The van der Waals surface area contributed by atoms with E-state index in [0.29, 0.717) is 12.2 Å². The van der Waals surface area contributed by atoms with Gasteiger partial charge in [0.05, 0.1) is 6.54 Å². The first kappa shape index (κ1) is 14.0. The molecule has 0 fully saturated rings. The van der Waals surface area contributed by atoms with Crippen molar-refractivity contribution in [1.29, 1.82) is 0 Å². The number of hydrogen-bond acceptors (Lipinski definition) is 3. The summed E-state index contributed by atoms with van der Waals surface area (Å²) in [7, 11) is 0. The molecular formula is C13H17NO4. The second-order valence-electron chi connectivity index (χ2n) is 4.35. The molecule has 1 atom stereocenters. The summed E-state index contributed by atoms with van der Waals surface area (Å²) in [6, 6.07) is 2.90. The van der Waals surface area contributed by atoms with E-state index in [1.807, 2.05) is 13.8 Å². The van der Waals surface area contributed by atoms with Gasteiger partial charge in [-0.1, -0.05) is 12.5 Å². The highest BCUT2D eigenvalue weighted by Gasteiger charge is 2.14. The highest BCUT2D eigenvalue weighted by atomic mass is 16.4. The number of hydrogen-bond donors (Lipinski definition) is 2. The minimum absolute atomic E-state index is 0.105. The van der Waals surface area contributed by atoms with Crippen LogP contribution in [0.15, 0.2) is 28.7 Å². The monoisotopic (exact) mass is 251 g/mol. The molecule has 0 aromatic carbocycles. The molecule has 1 amide bonds. The summed E-state index contributed by atoms with van der Waals surface area (Å²) in [6.45, 7) is 7.63. The van der Waals surface area contributed by atoms with Crippen molar-refractivity contribution in [2.45, 2.75) is 26.8 Å². The zero-order valence-corrected chi connectivity index (χ0v) is 10.5. The van der Waals surface area contributed by atoms with Crippen LogP contribution in [0, 0.1) is 5.92 Å². The van der Waals surface area contributed by atoms with Crippen LogP contribution in [0.2, 0.25) is 0 Å². The van der Waals surface area contributed by atoms with E-state index in [-0.39, 0.29) is 24.1 Å². The van der Waals surface area contributed by atoms with Crippen LogP contribution in [0.4, 0.5) is 0 Å². The number of nitrogens with one attached hydrogen (secondary N) is 1. The average molecular weight is 251 g/mol. The van der Waals surface area contributed by atoms with Crippen molar-refractivity contribution in [3.8, 4) is 0 Å². The van der Waals surface area contributed by atoms with Crippen LogP contribution in [0.1, 0.15) is 36.6 Å². The molecule has 1 heterocycles. The number of amides is 1. The third-order valence-corrected chi connectivity index (χ3v) is 2.41. The van der Waals surface area contributed by atoms with E-state index in [4.69, 9.17) is 9.52 Å². The number of carbonyl (C=O) groups is 2. The minimum atomic E-state index is -1.12. The number of carbonyl (C=O) groups excluding carboxylic acids is 1. The van der Waals surface area contributed by atoms with Crippen LogP contribution in [0.3, 0.4) is 0 Å². The standard InChI is InChI=1S/C13H17NO4/c1-8(2)6-9(3)12(15)14-7-10-4-5-11(18-10)13(16)17/h4-5,9H,1,6-7H2,2-3H3,(H,14,15)(H,16,17). The average Bonchev–Trinajstić information content (AvgIpc) is 2.73. The van der Waals surface area contributed by atoms with Crippen LogP contribution in [-0.4, -0.2) is 17.0 Å². The molecule has 0 aliphatic carbocycles. The first-order valence-corrected chi connectivity index (χ1v) is 5.64. The molecule has 1 unspecified atom stereocenters. The molecule has 0 aliphatic rings. The van der Waals surface area contributed by atoms with E-state index in [1.165, 1.54) is 12.1 Å². The van der Waals surface area contributed by atoms with Gasteiger partial charge in [0, 0.05) is 5.92 Å². The van der Waals surface area contributed by atoms with Gasteiger partial charge in [-0.15, -0.1) is 6.58 Å². The van der Waals surface area contributed by atoms with Crippen molar-refractivity contribution in [3.63, 3.8) is 0 Å². The molecule has 5 heteroatoms. The zero-order chi connectivity index (χ0) is 13.7. The fraction of sp³-hybridized carbons (Fsp3) is 0.385. The molecule has 98 valence electrons. The second-order valence-corrected chi connectivity index (χ2v) is 4.35. The van der Waals surface area contributed by atoms with Gasteiger partial charge in [0.15, 0.2) is 0 Å². The molecule has 0 radical (unpaired) electrons. The number of furan rings is 1. The van der Waals surface area contributed by atoms with Crippen LogP contribution in [0.5, 0.6) is 0 Å². The number of carboxylic acids is 1. The third kappa shape index (κ3) is 4.08. The lowest BCUT2D eigenvalue weighted by molar-refractivity contribution is -0.124. The van der Waals surface area contributed by atoms with Gasteiger partial charge < -0.3 is 14.8 Å². The number of allylic oxidation sites excluding steroid dienone is 1. The van der Waals surface area contributed by atoms with Crippen molar-refractivity contribution >= 4 is 11.9 Å². The number of rotatable bonds is 6. The molecule has 0 bridgehead atoms. The Balaban J connectivity index is 2.46. The van der Waals surface area contributed by atoms with Gasteiger partial charge in [0.2, 0.25) is 11.7 Å². The minimum Gasteiger partial charge on any atom is -0.475 e. The fourth-order valence-corrected chi connectivity index (χ4v) is 1.55. The largest absolute Gasteiger partial charge is 0.475 e. The third-order valence-electron chi connectivity index (χ3n) is 2.41. The Morgan fingerprint density at radius 3 is 2.67 bits per heavy atom. The summed E-state index contributed by atoms with van der Waals surface area (Å²) >= 11 is 0. The zero-order valence-electron chi connectivity index (χ0n) is 10.5. The maximum atomic E-state index is 11.7. The van der Waals surface area contributed by atoms with Gasteiger partial charge in [0.25, 0.3) is 0 Å². The SMILES string of the molecule is C=C(C)CC(C)C(=O)NCc1ccc(C(=O)O)o1. The topological polar surface area (TPSA) is 79.5 Å². The van der Waals surface area contributed by atoms with Crippen LogP contribution >= 0.6 is 0 Å². The molecular weight excluding hydrogens is 234 g/mol. The lowest BCUT2D eigenvalue weighted by Crippen LogP contribution is -2.28. The number of carboxylic acid groups (broad SMARTS) is 1. The highest BCUT2D eigenvalue weighted by Crippen LogP contribution is 2.10. The fourth-order valence-electron chi connectivity index (χ4n) is 1.55. The van der Waals surface area contributed by atoms with Gasteiger partial charge in [-0.3, -0.25) is 4.79 Å². The maximum Gasteiger partial charge on any atom is 0.371 e. The van der Waals surface area contributed by atoms with Gasteiger partial charge in [-0.2, -0.15) is 0 Å². The Hall–Kier alpha value is -2.04. The van der Waals surface area contributed by atoms with Crippen LogP contribution < -0.4 is 5.32 Å². The Bertz CT molecular complexity index is 461. The van der Waals surface area contributed by atoms with Crippen molar-refractivity contribution in [3.05, 3.63) is 35.8 Å². The lowest BCUT2D eigenvalue weighted by atomic mass is 10.0. The molecule has 5 nitrogen and oxygen atoms in total. The normalized spacial score (nSPS) is 11.9. The number of aromatic carboxylic acids is 1. The van der Waals surface area contributed by atoms with Crippen molar-refractivity contribution in [1.82, 2.24) is 5.32 Å². The molecule has 1 rings (SSSR count). The second kappa shape index (κ2) is 6.05. The van der Waals surface area contributed by atoms with Crippen molar-refractivity contribution < 1.29 is 19.1 Å². The predicted octanol–water partition coefficient (Wildman–Crippen LogP) is 2.20. The first-order chi connectivity index (χ1) is 8.40. The quantitative estimate of drug-likeness (QED) is 0.759. The van der Waals surface area contributed by atoms with E-state index < -0.39 is 5.97 Å². The Labute approximate surface area is 105 Å². The van der Waals surface area contributed by atoms with Crippen LogP contribution in [0.25, 0.3) is 0 Å². The molecule has 0 aliphatic heterocycles. The molecule has 18 heavy (non-hydrogen) atoms. The Morgan fingerprint density at radius 1 is 1.50 bits per heavy atom. The molecule has 1 aromatic heterocycles. The summed E-state index contributed by atoms with van der Waals surface area (Å²) in [6.07, 6.45) is 0.629. The summed E-state index contributed by atoms with van der Waals surface area (Å²) in [5.41, 5.74) is 0.948. The Kier molecular flexibility index (Phi) is 4.71. The van der Waals surface area contributed by atoms with E-state index in [0.717, 1.165) is 5.57 Å². The van der Waals surface area contributed by atoms with E-state index >= 15 is 0 Å². The van der Waals surface area contributed by atoms with Gasteiger partial charge in [-0.25, -0.2) is 4.79 Å². The summed E-state index contributed by atoms with van der Waals surface area (Å²) in [4.78, 5) is 22.3. The van der Waals surface area contributed by atoms with Crippen molar-refractivity contribution in [2.24, 2.45) is 5.92 Å². The van der Waals surface area contributed by atoms with E-state index in [2.05, 4.69) is 11.9 Å². The summed E-state index contributed by atoms with van der Waals surface area (Å²) < 4.78 is 5.02. The van der Waals surface area contributed by atoms with Gasteiger partial charge in [-0.05, 0) is 25.5 Å². The predicted molar refractivity (Wildman–Crippen MR) is 66.1 cm³/mol. The molecule has 0 saturated heterocycles. The molecule has 1 aromatic rings. The summed E-state index contributed by atoms with van der Waals surface area (Å²) in [5.74, 6) is -1.09. The van der Waals surface area contributed by atoms with Crippen LogP contribution in [-0.2, 0) is 11.3 Å². The first-order valence-electron chi connectivity index (χ1n) is 5.64. The smallest absolute Gasteiger partial charge is 0.371 e. The molecule has 0 saturated carbocycles. The lowest BCUT2D eigenvalue weighted by Gasteiger charge is -2.10. The maximum absolute atomic E-state index is 11.7. The van der Waals surface area contributed by atoms with Gasteiger partial charge in [0.1, 0.15) is 5.76 Å². The van der Waals surface area contributed by atoms with E-state index in [9.17, 15) is 9.59 Å².